The van der Waals surface area contributed by atoms with E-state index in [0.29, 0.717) is 6.61 Å². The Morgan fingerprint density at radius 1 is 1.89 bits per heavy atom. The zero-order valence-electron chi connectivity index (χ0n) is 5.10. The number of hydrogen-bond acceptors (Lipinski definition) is 3. The van der Waals surface area contributed by atoms with Gasteiger partial charge in [0.1, 0.15) is 0 Å². The van der Waals surface area contributed by atoms with Crippen molar-refractivity contribution in [2.75, 3.05) is 6.61 Å². The maximum atomic E-state index is 10.3. The SMILES string of the molecule is C#CNNC(=O)OCC. The summed E-state index contributed by atoms with van der Waals surface area (Å²) in [5, 5.41) is 0. The van der Waals surface area contributed by atoms with Gasteiger partial charge in [0.25, 0.3) is 0 Å². The van der Waals surface area contributed by atoms with Crippen molar-refractivity contribution in [1.29, 1.82) is 0 Å². The smallest absolute Gasteiger partial charge is 0.426 e. The minimum absolute atomic E-state index is 0.331. The number of hydrazine groups is 1. The molecule has 1 amide bonds. The van der Waals surface area contributed by atoms with Crippen LogP contribution in [0.4, 0.5) is 4.79 Å². The van der Waals surface area contributed by atoms with Crippen LogP contribution in [0.5, 0.6) is 0 Å². The number of nitrogens with one attached hydrogen (secondary N) is 2. The van der Waals surface area contributed by atoms with Crippen molar-refractivity contribution in [2.24, 2.45) is 0 Å². The van der Waals surface area contributed by atoms with Gasteiger partial charge in [0.2, 0.25) is 0 Å². The molecule has 0 aromatic heterocycles. The van der Waals surface area contributed by atoms with E-state index in [-0.39, 0.29) is 0 Å². The molecule has 0 bridgehead atoms. The molecule has 0 aliphatic heterocycles. The summed E-state index contributed by atoms with van der Waals surface area (Å²) < 4.78 is 4.44. The van der Waals surface area contributed by atoms with Crippen LogP contribution in [0.15, 0.2) is 0 Å². The lowest BCUT2D eigenvalue weighted by Crippen LogP contribution is -2.34. The van der Waals surface area contributed by atoms with Gasteiger partial charge in [-0.3, -0.25) is 5.43 Å². The monoisotopic (exact) mass is 128 g/mol. The Morgan fingerprint density at radius 3 is 3.00 bits per heavy atom. The van der Waals surface area contributed by atoms with Gasteiger partial charge in [0, 0.05) is 6.04 Å². The summed E-state index contributed by atoms with van der Waals surface area (Å²) in [6.45, 7) is 2.04. The highest BCUT2D eigenvalue weighted by Gasteiger charge is 1.93. The number of amides is 1. The maximum Gasteiger partial charge on any atom is 0.426 e. The van der Waals surface area contributed by atoms with Crippen LogP contribution >= 0.6 is 0 Å². The van der Waals surface area contributed by atoms with E-state index in [1.165, 1.54) is 0 Å². The second-order valence-electron chi connectivity index (χ2n) is 1.11. The molecule has 4 heteroatoms. The first-order valence-corrected chi connectivity index (χ1v) is 2.44. The molecule has 0 heterocycles. The Morgan fingerprint density at radius 2 is 2.56 bits per heavy atom. The van der Waals surface area contributed by atoms with E-state index < -0.39 is 6.09 Å². The number of hydrogen-bond donors (Lipinski definition) is 2. The molecule has 0 aromatic carbocycles. The molecule has 0 aliphatic carbocycles. The van der Waals surface area contributed by atoms with E-state index in [1.807, 2.05) is 6.04 Å². The Labute approximate surface area is 53.5 Å². The summed E-state index contributed by atoms with van der Waals surface area (Å²) in [4.78, 5) is 10.3. The van der Waals surface area contributed by atoms with E-state index in [0.717, 1.165) is 0 Å². The third kappa shape index (κ3) is 4.48. The molecule has 0 spiro atoms. The van der Waals surface area contributed by atoms with Gasteiger partial charge >= 0.3 is 6.09 Å². The van der Waals surface area contributed by atoms with Crippen LogP contribution in [-0.2, 0) is 4.74 Å². The van der Waals surface area contributed by atoms with E-state index >= 15 is 0 Å². The van der Waals surface area contributed by atoms with Crippen molar-refractivity contribution < 1.29 is 9.53 Å². The molecule has 0 radical (unpaired) electrons. The normalized spacial score (nSPS) is 7.11. The van der Waals surface area contributed by atoms with Gasteiger partial charge in [0.15, 0.2) is 0 Å². The Hall–Kier alpha value is -1.37. The predicted molar refractivity (Wildman–Crippen MR) is 32.1 cm³/mol. The fourth-order valence-electron chi connectivity index (χ4n) is 0.254. The lowest BCUT2D eigenvalue weighted by atomic mass is 10.9. The molecule has 0 saturated carbocycles. The van der Waals surface area contributed by atoms with Crippen LogP contribution in [0.1, 0.15) is 6.92 Å². The van der Waals surface area contributed by atoms with Gasteiger partial charge in [0.05, 0.1) is 6.61 Å². The lowest BCUT2D eigenvalue weighted by Gasteiger charge is -2.00. The van der Waals surface area contributed by atoms with Crippen molar-refractivity contribution >= 4 is 6.09 Å². The summed E-state index contributed by atoms with van der Waals surface area (Å²) in [5.41, 5.74) is 4.22. The second-order valence-corrected chi connectivity index (χ2v) is 1.11. The van der Waals surface area contributed by atoms with E-state index in [9.17, 15) is 4.79 Å². The largest absolute Gasteiger partial charge is 0.449 e. The molecular weight excluding hydrogens is 120 g/mol. The summed E-state index contributed by atoms with van der Waals surface area (Å²) >= 11 is 0. The first-order valence-electron chi connectivity index (χ1n) is 2.44. The third-order valence-electron chi connectivity index (χ3n) is 0.512. The molecule has 0 unspecified atom stereocenters. The first-order chi connectivity index (χ1) is 4.31. The molecule has 0 atom stereocenters. The third-order valence-corrected chi connectivity index (χ3v) is 0.512. The minimum atomic E-state index is -0.574. The van der Waals surface area contributed by atoms with Crippen molar-refractivity contribution in [2.45, 2.75) is 6.92 Å². The Balaban J connectivity index is 3.19. The molecule has 50 valence electrons. The number of carbonyl (C=O) groups is 1. The molecule has 0 rings (SSSR count). The summed E-state index contributed by atoms with van der Waals surface area (Å²) in [6.07, 6.45) is 4.17. The van der Waals surface area contributed by atoms with Crippen molar-refractivity contribution in [3.05, 3.63) is 0 Å². The Bertz CT molecular complexity index is 127. The predicted octanol–water partition coefficient (Wildman–Crippen LogP) is -0.172. The standard InChI is InChI=1S/C5H8N2O2/c1-3-6-7-5(8)9-4-2/h1,6H,4H2,2H3,(H,7,8). The highest BCUT2D eigenvalue weighted by Crippen LogP contribution is 1.70. The molecule has 2 N–H and O–H groups in total. The number of ether oxygens (including phenoxy) is 1. The molecule has 9 heavy (non-hydrogen) atoms. The van der Waals surface area contributed by atoms with Crippen LogP contribution in [0.2, 0.25) is 0 Å². The lowest BCUT2D eigenvalue weighted by molar-refractivity contribution is 0.149. The Kier molecular flexibility index (Phi) is 4.05. The number of rotatable bonds is 2. The van der Waals surface area contributed by atoms with E-state index in [1.54, 1.807) is 6.92 Å². The van der Waals surface area contributed by atoms with Crippen LogP contribution < -0.4 is 10.9 Å². The van der Waals surface area contributed by atoms with Crippen LogP contribution in [-0.4, -0.2) is 12.7 Å². The van der Waals surface area contributed by atoms with Crippen molar-refractivity contribution in [1.82, 2.24) is 10.9 Å². The van der Waals surface area contributed by atoms with Gasteiger partial charge in [-0.05, 0) is 6.92 Å². The highest BCUT2D eigenvalue weighted by molar-refractivity contribution is 5.66. The van der Waals surface area contributed by atoms with Crippen LogP contribution in [0.25, 0.3) is 0 Å². The van der Waals surface area contributed by atoms with Gasteiger partial charge < -0.3 is 4.74 Å². The average Bonchev–Trinajstić information content (AvgIpc) is 1.85. The maximum absolute atomic E-state index is 10.3. The zero-order chi connectivity index (χ0) is 7.11. The molecule has 0 fully saturated rings. The number of carbonyl (C=O) groups excluding carboxylic acids is 1. The molecule has 0 aromatic rings. The van der Waals surface area contributed by atoms with Crippen LogP contribution in [0, 0.1) is 12.5 Å². The topological polar surface area (TPSA) is 50.4 Å². The summed E-state index contributed by atoms with van der Waals surface area (Å²) in [7, 11) is 0. The minimum Gasteiger partial charge on any atom is -0.449 e. The molecule has 0 saturated heterocycles. The summed E-state index contributed by atoms with van der Waals surface area (Å²) in [6, 6.07) is 2.00. The van der Waals surface area contributed by atoms with Gasteiger partial charge in [-0.25, -0.2) is 10.2 Å². The quantitative estimate of drug-likeness (QED) is 0.308. The zero-order valence-corrected chi connectivity index (χ0v) is 5.10. The highest BCUT2D eigenvalue weighted by atomic mass is 16.5. The molecule has 4 nitrogen and oxygen atoms in total. The second kappa shape index (κ2) is 4.78. The first kappa shape index (κ1) is 7.63. The molecular formula is C5H8N2O2. The van der Waals surface area contributed by atoms with Gasteiger partial charge in [-0.15, -0.1) is 0 Å². The number of terminal acetylenes is 1. The van der Waals surface area contributed by atoms with Gasteiger partial charge in [-0.2, -0.15) is 0 Å². The van der Waals surface area contributed by atoms with Gasteiger partial charge in [-0.1, -0.05) is 6.42 Å². The molecule has 0 aliphatic rings. The van der Waals surface area contributed by atoms with Crippen molar-refractivity contribution in [3.63, 3.8) is 0 Å². The van der Waals surface area contributed by atoms with E-state index in [4.69, 9.17) is 6.42 Å². The van der Waals surface area contributed by atoms with Crippen LogP contribution in [0.3, 0.4) is 0 Å². The van der Waals surface area contributed by atoms with E-state index in [2.05, 4.69) is 15.6 Å². The fourth-order valence-corrected chi connectivity index (χ4v) is 0.254. The summed E-state index contributed by atoms with van der Waals surface area (Å²) in [5.74, 6) is 0. The van der Waals surface area contributed by atoms with Crippen molar-refractivity contribution in [3.8, 4) is 12.5 Å². The average molecular weight is 128 g/mol. The fraction of sp³-hybridized carbons (Fsp3) is 0.400.